The molecule has 0 saturated carbocycles. The van der Waals surface area contributed by atoms with Crippen LogP contribution < -0.4 is 4.74 Å². The number of hydrogen-bond donors (Lipinski definition) is 1. The Labute approximate surface area is 158 Å². The second-order valence-electron chi connectivity index (χ2n) is 6.29. The summed E-state index contributed by atoms with van der Waals surface area (Å²) < 4.78 is 11.6. The number of carboxylic acids is 1. The number of carboxylic acid groups (broad SMARTS) is 1. The fraction of sp³-hybridized carbons (Fsp3) is 0.350. The van der Waals surface area contributed by atoms with Crippen LogP contribution in [-0.4, -0.2) is 42.2 Å². The van der Waals surface area contributed by atoms with Gasteiger partial charge in [-0.25, -0.2) is 0 Å². The summed E-state index contributed by atoms with van der Waals surface area (Å²) in [4.78, 5) is 12.9. The molecule has 1 heterocycles. The maximum Gasteiger partial charge on any atom is 0.304 e. The summed E-state index contributed by atoms with van der Waals surface area (Å²) >= 11 is 5.88. The first-order chi connectivity index (χ1) is 12.6. The van der Waals surface area contributed by atoms with Gasteiger partial charge in [-0.15, -0.1) is 0 Å². The van der Waals surface area contributed by atoms with Crippen LogP contribution >= 0.6 is 11.6 Å². The van der Waals surface area contributed by atoms with Gasteiger partial charge in [-0.1, -0.05) is 35.9 Å². The summed E-state index contributed by atoms with van der Waals surface area (Å²) in [6.45, 7) is 3.13. The molecule has 1 fully saturated rings. The number of ether oxygens (including phenoxy) is 2. The molecule has 1 N–H and O–H groups in total. The highest BCUT2D eigenvalue weighted by Crippen LogP contribution is 2.25. The number of rotatable bonds is 7. The number of aliphatic carboxylic acids is 1. The summed E-state index contributed by atoms with van der Waals surface area (Å²) in [5, 5.41) is 9.54. The Kier molecular flexibility index (Phi) is 6.50. The fourth-order valence-electron chi connectivity index (χ4n) is 2.89. The Bertz CT molecular complexity index is 718. The first-order valence-corrected chi connectivity index (χ1v) is 9.01. The number of morpholine rings is 1. The van der Waals surface area contributed by atoms with Crippen LogP contribution in [0.25, 0.3) is 0 Å². The smallest absolute Gasteiger partial charge is 0.304 e. The van der Waals surface area contributed by atoms with Crippen LogP contribution in [0.1, 0.15) is 23.7 Å². The van der Waals surface area contributed by atoms with Gasteiger partial charge >= 0.3 is 5.97 Å². The molecule has 5 nitrogen and oxygen atoms in total. The Morgan fingerprint density at radius 3 is 2.62 bits per heavy atom. The van der Waals surface area contributed by atoms with Crippen LogP contribution in [0.3, 0.4) is 0 Å². The molecule has 26 heavy (non-hydrogen) atoms. The lowest BCUT2D eigenvalue weighted by Gasteiger charge is -2.32. The molecule has 0 amide bonds. The molecule has 0 bridgehead atoms. The lowest BCUT2D eigenvalue weighted by molar-refractivity contribution is -0.137. The van der Waals surface area contributed by atoms with Gasteiger partial charge in [-0.05, 0) is 35.4 Å². The first kappa shape index (κ1) is 18.7. The number of benzene rings is 2. The van der Waals surface area contributed by atoms with E-state index < -0.39 is 5.97 Å². The standard InChI is InChI=1S/C20H22ClNO4/c21-17-5-1-15(2-6-17)14-26-18-7-3-16(4-8-18)19-13-22(11-12-25-19)10-9-20(23)24/h1-8,19H,9-14H2,(H,23,24). The lowest BCUT2D eigenvalue weighted by atomic mass is 10.1. The maximum absolute atomic E-state index is 10.7. The molecule has 0 spiro atoms. The van der Waals surface area contributed by atoms with Crippen LogP contribution in [-0.2, 0) is 16.1 Å². The number of nitrogens with zero attached hydrogens (tertiary/aromatic N) is 1. The molecule has 0 aromatic heterocycles. The van der Waals surface area contributed by atoms with Gasteiger partial charge in [-0.3, -0.25) is 9.69 Å². The molecule has 1 saturated heterocycles. The van der Waals surface area contributed by atoms with E-state index in [0.717, 1.165) is 23.4 Å². The SMILES string of the molecule is O=C(O)CCN1CCOC(c2ccc(OCc3ccc(Cl)cc3)cc2)C1. The highest BCUT2D eigenvalue weighted by Gasteiger charge is 2.22. The van der Waals surface area contributed by atoms with Crippen molar-refractivity contribution < 1.29 is 19.4 Å². The second-order valence-corrected chi connectivity index (χ2v) is 6.72. The second kappa shape index (κ2) is 9.03. The normalized spacial score (nSPS) is 17.8. The van der Waals surface area contributed by atoms with E-state index in [1.807, 2.05) is 48.5 Å². The van der Waals surface area contributed by atoms with Gasteiger partial charge in [0, 0.05) is 24.7 Å². The average Bonchev–Trinajstić information content (AvgIpc) is 2.67. The van der Waals surface area contributed by atoms with Crippen molar-refractivity contribution in [2.75, 3.05) is 26.2 Å². The topological polar surface area (TPSA) is 59.0 Å². The van der Waals surface area contributed by atoms with Crippen LogP contribution in [0.5, 0.6) is 5.75 Å². The average molecular weight is 376 g/mol. The van der Waals surface area contributed by atoms with Gasteiger partial charge in [0.05, 0.1) is 19.1 Å². The highest BCUT2D eigenvalue weighted by molar-refractivity contribution is 6.30. The predicted molar refractivity (Wildman–Crippen MR) is 99.6 cm³/mol. The van der Waals surface area contributed by atoms with Crippen molar-refractivity contribution in [3.05, 3.63) is 64.7 Å². The van der Waals surface area contributed by atoms with Gasteiger partial charge in [0.15, 0.2) is 0 Å². The van der Waals surface area contributed by atoms with Gasteiger partial charge in [0.25, 0.3) is 0 Å². The van der Waals surface area contributed by atoms with Crippen LogP contribution in [0.2, 0.25) is 5.02 Å². The zero-order valence-corrected chi connectivity index (χ0v) is 15.2. The Hall–Kier alpha value is -2.08. The molecule has 138 valence electrons. The molecule has 3 rings (SSSR count). The number of carbonyl (C=O) groups is 1. The molecule has 6 heteroatoms. The minimum Gasteiger partial charge on any atom is -0.489 e. The van der Waals surface area contributed by atoms with Gasteiger partial charge in [-0.2, -0.15) is 0 Å². The number of halogens is 1. The van der Waals surface area contributed by atoms with E-state index in [2.05, 4.69) is 4.90 Å². The maximum atomic E-state index is 10.7. The Morgan fingerprint density at radius 2 is 1.92 bits per heavy atom. The molecule has 2 aromatic rings. The fourth-order valence-corrected chi connectivity index (χ4v) is 3.01. The largest absolute Gasteiger partial charge is 0.489 e. The van der Waals surface area contributed by atoms with Crippen molar-refractivity contribution >= 4 is 17.6 Å². The van der Waals surface area contributed by atoms with E-state index in [4.69, 9.17) is 26.2 Å². The summed E-state index contributed by atoms with van der Waals surface area (Å²) in [6, 6.07) is 15.5. The van der Waals surface area contributed by atoms with E-state index in [1.54, 1.807) is 0 Å². The van der Waals surface area contributed by atoms with Crippen LogP contribution in [0.15, 0.2) is 48.5 Å². The molecule has 2 aromatic carbocycles. The zero-order valence-electron chi connectivity index (χ0n) is 14.4. The quantitative estimate of drug-likeness (QED) is 0.798. The molecule has 1 aliphatic rings. The van der Waals surface area contributed by atoms with Crippen molar-refractivity contribution in [3.63, 3.8) is 0 Å². The van der Waals surface area contributed by atoms with E-state index in [0.29, 0.717) is 31.3 Å². The Balaban J connectivity index is 1.53. The van der Waals surface area contributed by atoms with Crippen molar-refractivity contribution in [2.45, 2.75) is 19.1 Å². The highest BCUT2D eigenvalue weighted by atomic mass is 35.5. The molecule has 1 unspecified atom stereocenters. The summed E-state index contributed by atoms with van der Waals surface area (Å²) in [5.74, 6) is 0.0254. The third-order valence-electron chi connectivity index (χ3n) is 4.36. The van der Waals surface area contributed by atoms with Crippen molar-refractivity contribution in [3.8, 4) is 5.75 Å². The predicted octanol–water partition coefficient (Wildman–Crippen LogP) is 3.77. The van der Waals surface area contributed by atoms with Crippen molar-refractivity contribution in [1.82, 2.24) is 4.90 Å². The van der Waals surface area contributed by atoms with Crippen LogP contribution in [0, 0.1) is 0 Å². The zero-order chi connectivity index (χ0) is 18.4. The van der Waals surface area contributed by atoms with Crippen molar-refractivity contribution in [2.24, 2.45) is 0 Å². The lowest BCUT2D eigenvalue weighted by Crippen LogP contribution is -2.39. The molecular formula is C20H22ClNO4. The van der Waals surface area contributed by atoms with Gasteiger partial charge in [0.1, 0.15) is 12.4 Å². The van der Waals surface area contributed by atoms with E-state index in [-0.39, 0.29) is 12.5 Å². The molecule has 1 aliphatic heterocycles. The van der Waals surface area contributed by atoms with Gasteiger partial charge in [0.2, 0.25) is 0 Å². The summed E-state index contributed by atoms with van der Waals surface area (Å²) in [7, 11) is 0. The summed E-state index contributed by atoms with van der Waals surface area (Å²) in [6.07, 6.45) is 0.118. The van der Waals surface area contributed by atoms with E-state index >= 15 is 0 Å². The van der Waals surface area contributed by atoms with Crippen molar-refractivity contribution in [1.29, 1.82) is 0 Å². The molecule has 1 atom stereocenters. The molecular weight excluding hydrogens is 354 g/mol. The Morgan fingerprint density at radius 1 is 1.19 bits per heavy atom. The number of hydrogen-bond acceptors (Lipinski definition) is 4. The van der Waals surface area contributed by atoms with Gasteiger partial charge < -0.3 is 14.6 Å². The minimum atomic E-state index is -0.768. The minimum absolute atomic E-state index is 0.0390. The van der Waals surface area contributed by atoms with E-state index in [9.17, 15) is 4.79 Å². The van der Waals surface area contributed by atoms with Crippen LogP contribution in [0.4, 0.5) is 0 Å². The molecule has 0 radical (unpaired) electrons. The monoisotopic (exact) mass is 375 g/mol. The molecule has 0 aliphatic carbocycles. The van der Waals surface area contributed by atoms with E-state index in [1.165, 1.54) is 0 Å². The third kappa shape index (κ3) is 5.46. The summed E-state index contributed by atoms with van der Waals surface area (Å²) in [5.41, 5.74) is 2.13. The third-order valence-corrected chi connectivity index (χ3v) is 4.62. The first-order valence-electron chi connectivity index (χ1n) is 8.63.